The lowest BCUT2D eigenvalue weighted by Gasteiger charge is -2.56. The minimum Gasteiger partial charge on any atom is -0.272 e. The number of hydrogen-bond donors (Lipinski definition) is 0. The first-order valence-electron chi connectivity index (χ1n) is 9.18. The molecule has 6 rings (SSSR count). The van der Waals surface area contributed by atoms with E-state index in [1.165, 1.54) is 55.7 Å². The molecule has 4 aliphatic carbocycles. The number of non-ortho nitro benzene ring substituents is 1. The monoisotopic (exact) mass is 339 g/mol. The van der Waals surface area contributed by atoms with E-state index < -0.39 is 4.92 Å². The second-order valence-electron chi connectivity index (χ2n) is 8.40. The summed E-state index contributed by atoms with van der Waals surface area (Å²) in [6.45, 7) is 0. The first-order chi connectivity index (χ1) is 12.0. The van der Waals surface area contributed by atoms with E-state index in [1.807, 2.05) is 0 Å². The molecule has 0 saturated heterocycles. The van der Waals surface area contributed by atoms with Gasteiger partial charge in [0.15, 0.2) is 0 Å². The van der Waals surface area contributed by atoms with Gasteiger partial charge in [0.05, 0.1) is 22.7 Å². The maximum absolute atomic E-state index is 12.6. The van der Waals surface area contributed by atoms with Crippen molar-refractivity contribution in [3.8, 4) is 0 Å². The smallest absolute Gasteiger partial charge is 0.269 e. The Morgan fingerprint density at radius 2 is 1.60 bits per heavy atom. The van der Waals surface area contributed by atoms with Crippen LogP contribution in [0.2, 0.25) is 0 Å². The van der Waals surface area contributed by atoms with Crippen LogP contribution in [0.25, 0.3) is 0 Å². The van der Waals surface area contributed by atoms with E-state index in [-0.39, 0.29) is 17.0 Å². The zero-order chi connectivity index (χ0) is 17.2. The fraction of sp³-hybridized carbons (Fsp3) is 0.579. The molecule has 0 unspecified atom stereocenters. The van der Waals surface area contributed by atoms with Crippen LogP contribution in [0.1, 0.15) is 44.9 Å². The first-order valence-corrected chi connectivity index (χ1v) is 9.18. The molecular formula is C19H21N3O3. The van der Waals surface area contributed by atoms with Gasteiger partial charge in [0.1, 0.15) is 0 Å². The molecule has 1 aromatic carbocycles. The number of hydrogen-bond acceptors (Lipinski definition) is 4. The molecule has 1 amide bonds. The van der Waals surface area contributed by atoms with Crippen molar-refractivity contribution in [2.45, 2.75) is 44.9 Å². The van der Waals surface area contributed by atoms with E-state index in [0.29, 0.717) is 12.1 Å². The van der Waals surface area contributed by atoms with Crippen LogP contribution >= 0.6 is 0 Å². The Bertz CT molecular complexity index is 748. The van der Waals surface area contributed by atoms with Gasteiger partial charge in [0.25, 0.3) is 11.6 Å². The summed E-state index contributed by atoms with van der Waals surface area (Å²) in [7, 11) is 0. The van der Waals surface area contributed by atoms with Gasteiger partial charge in [-0.15, -0.1) is 0 Å². The van der Waals surface area contributed by atoms with Crippen molar-refractivity contribution in [2.75, 3.05) is 5.01 Å². The lowest BCUT2D eigenvalue weighted by molar-refractivity contribution is -0.384. The van der Waals surface area contributed by atoms with E-state index in [4.69, 9.17) is 5.10 Å². The Hall–Kier alpha value is -2.24. The molecule has 1 heterocycles. The maximum Gasteiger partial charge on any atom is 0.269 e. The Labute approximate surface area is 146 Å². The molecule has 0 atom stereocenters. The van der Waals surface area contributed by atoms with Crippen molar-refractivity contribution < 1.29 is 9.72 Å². The molecule has 4 fully saturated rings. The fourth-order valence-corrected chi connectivity index (χ4v) is 6.10. The topological polar surface area (TPSA) is 75.8 Å². The Morgan fingerprint density at radius 1 is 1.04 bits per heavy atom. The molecule has 4 bridgehead atoms. The summed E-state index contributed by atoms with van der Waals surface area (Å²) in [5.74, 6) is 2.44. The average Bonchev–Trinajstić information content (AvgIpc) is 2.96. The van der Waals surface area contributed by atoms with Crippen LogP contribution in [0.5, 0.6) is 0 Å². The van der Waals surface area contributed by atoms with Crippen LogP contribution in [0.3, 0.4) is 0 Å². The van der Waals surface area contributed by atoms with Crippen LogP contribution in [-0.2, 0) is 4.79 Å². The summed E-state index contributed by atoms with van der Waals surface area (Å²) < 4.78 is 0. The van der Waals surface area contributed by atoms with Crippen molar-refractivity contribution in [3.05, 3.63) is 34.4 Å². The molecule has 25 heavy (non-hydrogen) atoms. The number of carbonyl (C=O) groups is 1. The quantitative estimate of drug-likeness (QED) is 0.619. The second kappa shape index (κ2) is 5.13. The number of nitro benzene ring substituents is 1. The fourth-order valence-electron chi connectivity index (χ4n) is 6.10. The van der Waals surface area contributed by atoms with Gasteiger partial charge >= 0.3 is 0 Å². The molecule has 4 saturated carbocycles. The third-order valence-electron chi connectivity index (χ3n) is 6.73. The maximum atomic E-state index is 12.6. The molecule has 0 aromatic heterocycles. The minimum atomic E-state index is -0.431. The highest BCUT2D eigenvalue weighted by atomic mass is 16.6. The van der Waals surface area contributed by atoms with Gasteiger partial charge in [-0.25, -0.2) is 5.01 Å². The SMILES string of the molecule is O=C1CC(C23CC4CC(CC(C4)C2)C3)=NN1c1ccc([N+](=O)[O-])cc1. The summed E-state index contributed by atoms with van der Waals surface area (Å²) in [6, 6.07) is 6.09. The molecule has 5 aliphatic rings. The number of nitrogens with zero attached hydrogens (tertiary/aromatic N) is 3. The number of benzene rings is 1. The van der Waals surface area contributed by atoms with Crippen molar-refractivity contribution in [1.82, 2.24) is 0 Å². The first kappa shape index (κ1) is 15.0. The summed E-state index contributed by atoms with van der Waals surface area (Å²) in [6.07, 6.45) is 8.09. The largest absolute Gasteiger partial charge is 0.272 e. The highest BCUT2D eigenvalue weighted by Crippen LogP contribution is 2.61. The highest BCUT2D eigenvalue weighted by molar-refractivity contribution is 6.15. The zero-order valence-electron chi connectivity index (χ0n) is 14.1. The van der Waals surface area contributed by atoms with E-state index in [2.05, 4.69) is 0 Å². The van der Waals surface area contributed by atoms with Gasteiger partial charge in [0.2, 0.25) is 0 Å². The molecule has 6 heteroatoms. The standard InChI is InChI=1S/C19H21N3O3/c23-18-8-17(19-9-12-5-13(10-19)7-14(6-12)11-19)20-21(18)15-1-3-16(4-2-15)22(24)25/h1-4,12-14H,5-11H2. The molecule has 0 N–H and O–H groups in total. The van der Waals surface area contributed by atoms with Crippen molar-refractivity contribution in [2.24, 2.45) is 28.3 Å². The summed E-state index contributed by atoms with van der Waals surface area (Å²) in [5.41, 5.74) is 1.85. The van der Waals surface area contributed by atoms with E-state index >= 15 is 0 Å². The molecule has 6 nitrogen and oxygen atoms in total. The van der Waals surface area contributed by atoms with Gasteiger partial charge in [-0.1, -0.05) is 0 Å². The normalized spacial score (nSPS) is 36.0. The Morgan fingerprint density at radius 3 is 2.12 bits per heavy atom. The molecule has 1 aromatic rings. The lowest BCUT2D eigenvalue weighted by atomic mass is 9.48. The van der Waals surface area contributed by atoms with Gasteiger partial charge in [-0.05, 0) is 68.4 Å². The predicted molar refractivity (Wildman–Crippen MR) is 93.2 cm³/mol. The van der Waals surface area contributed by atoms with Crippen molar-refractivity contribution in [1.29, 1.82) is 0 Å². The van der Waals surface area contributed by atoms with E-state index in [9.17, 15) is 14.9 Å². The van der Waals surface area contributed by atoms with Gasteiger partial charge in [-0.3, -0.25) is 14.9 Å². The Balaban J connectivity index is 1.45. The van der Waals surface area contributed by atoms with E-state index in [0.717, 1.165) is 23.5 Å². The van der Waals surface area contributed by atoms with Crippen molar-refractivity contribution >= 4 is 23.0 Å². The number of anilines is 1. The molecule has 130 valence electrons. The Kier molecular flexibility index (Phi) is 3.09. The van der Waals surface area contributed by atoms with Crippen LogP contribution in [0.4, 0.5) is 11.4 Å². The minimum absolute atomic E-state index is 0.0143. The number of carbonyl (C=O) groups excluding carboxylic acids is 1. The molecular weight excluding hydrogens is 318 g/mol. The van der Waals surface area contributed by atoms with Gasteiger partial charge in [0, 0.05) is 17.5 Å². The van der Waals surface area contributed by atoms with Crippen molar-refractivity contribution in [3.63, 3.8) is 0 Å². The summed E-state index contributed by atoms with van der Waals surface area (Å²) >= 11 is 0. The van der Waals surface area contributed by atoms with E-state index in [1.54, 1.807) is 12.1 Å². The van der Waals surface area contributed by atoms with Crippen LogP contribution in [0.15, 0.2) is 29.4 Å². The van der Waals surface area contributed by atoms with Crippen LogP contribution in [0, 0.1) is 33.3 Å². The number of nitro groups is 1. The summed E-state index contributed by atoms with van der Waals surface area (Å²) in [5, 5.41) is 17.0. The number of amides is 1. The molecule has 1 aliphatic heterocycles. The lowest BCUT2D eigenvalue weighted by Crippen LogP contribution is -2.49. The summed E-state index contributed by atoms with van der Waals surface area (Å²) in [4.78, 5) is 23.0. The van der Waals surface area contributed by atoms with Crippen LogP contribution in [-0.4, -0.2) is 16.5 Å². The number of rotatable bonds is 3. The van der Waals surface area contributed by atoms with Gasteiger partial charge in [-0.2, -0.15) is 5.10 Å². The third kappa shape index (κ3) is 2.30. The zero-order valence-corrected chi connectivity index (χ0v) is 14.1. The average molecular weight is 339 g/mol. The highest BCUT2D eigenvalue weighted by Gasteiger charge is 2.54. The third-order valence-corrected chi connectivity index (χ3v) is 6.73. The predicted octanol–water partition coefficient (Wildman–Crippen LogP) is 3.90. The number of hydrazone groups is 1. The molecule has 0 spiro atoms. The van der Waals surface area contributed by atoms with Crippen LogP contribution < -0.4 is 5.01 Å². The second-order valence-corrected chi connectivity index (χ2v) is 8.40. The molecule has 0 radical (unpaired) electrons. The van der Waals surface area contributed by atoms with Gasteiger partial charge < -0.3 is 0 Å².